The highest BCUT2D eigenvalue weighted by Gasteiger charge is 2.22. The molecule has 0 aliphatic heterocycles. The minimum atomic E-state index is -0.575. The maximum absolute atomic E-state index is 13.2. The molecule has 0 amide bonds. The summed E-state index contributed by atoms with van der Waals surface area (Å²) in [6.07, 6.45) is 0. The van der Waals surface area contributed by atoms with E-state index >= 15 is 0 Å². The van der Waals surface area contributed by atoms with Gasteiger partial charge in [-0.3, -0.25) is 24.0 Å². The van der Waals surface area contributed by atoms with Gasteiger partial charge in [0.15, 0.2) is 10.9 Å². The Morgan fingerprint density at radius 1 is 0.767 bits per heavy atom. The number of carbonyl (C=O) groups excluding carboxylic acids is 1. The lowest BCUT2D eigenvalue weighted by atomic mass is 10.0. The molecule has 0 saturated heterocycles. The number of ether oxygens (including phenoxy) is 1. The van der Waals surface area contributed by atoms with E-state index in [0.29, 0.717) is 0 Å². The first-order chi connectivity index (χ1) is 14.3. The Morgan fingerprint density at radius 3 is 1.87 bits per heavy atom. The first-order valence-electron chi connectivity index (χ1n) is 8.79. The van der Waals surface area contributed by atoms with Crippen LogP contribution in [-0.2, 0) is 4.79 Å². The minimum absolute atomic E-state index is 0.00202. The molecular formula is C22H10O7S. The van der Waals surface area contributed by atoms with Crippen LogP contribution in [0.15, 0.2) is 55.6 Å². The lowest BCUT2D eigenvalue weighted by Crippen LogP contribution is -2.15. The third-order valence-electron chi connectivity index (χ3n) is 5.01. The van der Waals surface area contributed by atoms with Gasteiger partial charge in [0.1, 0.15) is 11.5 Å². The van der Waals surface area contributed by atoms with Crippen LogP contribution < -0.4 is 26.5 Å². The number of hydrogen-bond donors (Lipinski definition) is 1. The average Bonchev–Trinajstić information content (AvgIpc) is 3.11. The molecule has 146 valence electrons. The lowest BCUT2D eigenvalue weighted by molar-refractivity contribution is -0.131. The van der Waals surface area contributed by atoms with Crippen LogP contribution in [0.2, 0.25) is 0 Å². The average molecular weight is 418 g/mol. The molecular weight excluding hydrogens is 408 g/mol. The highest BCUT2D eigenvalue weighted by atomic mass is 32.1. The maximum atomic E-state index is 13.2. The summed E-state index contributed by atoms with van der Waals surface area (Å²) in [7, 11) is 0. The van der Waals surface area contributed by atoms with Gasteiger partial charge in [-0.15, -0.1) is 11.3 Å². The van der Waals surface area contributed by atoms with E-state index in [1.807, 2.05) is 0 Å². The van der Waals surface area contributed by atoms with Crippen molar-refractivity contribution in [1.29, 1.82) is 0 Å². The highest BCUT2D eigenvalue weighted by Crippen LogP contribution is 2.30. The van der Waals surface area contributed by atoms with Gasteiger partial charge in [0.05, 0.1) is 20.2 Å². The Kier molecular flexibility index (Phi) is 3.65. The molecule has 1 heterocycles. The molecule has 0 saturated carbocycles. The Labute approximate surface area is 169 Å². The van der Waals surface area contributed by atoms with Crippen LogP contribution in [0.25, 0.3) is 41.7 Å². The highest BCUT2D eigenvalue weighted by molar-refractivity contribution is 7.25. The third-order valence-corrected chi connectivity index (χ3v) is 6.20. The van der Waals surface area contributed by atoms with Crippen LogP contribution >= 0.6 is 11.3 Å². The van der Waals surface area contributed by atoms with Crippen LogP contribution in [0.5, 0.6) is 11.5 Å². The van der Waals surface area contributed by atoms with Crippen LogP contribution in [0, 0.1) is 0 Å². The van der Waals surface area contributed by atoms with Gasteiger partial charge >= 0.3 is 5.97 Å². The molecule has 0 radical (unpaired) electrons. The lowest BCUT2D eigenvalue weighted by Gasteiger charge is -2.03. The molecule has 5 aromatic rings. The number of esters is 1. The number of fused-ring (bicyclic) bond motifs is 5. The van der Waals surface area contributed by atoms with Gasteiger partial charge in [-0.25, -0.2) is 0 Å². The summed E-state index contributed by atoms with van der Waals surface area (Å²) < 4.78 is 4.98. The van der Waals surface area contributed by atoms with E-state index in [-0.39, 0.29) is 53.2 Å². The molecule has 8 heteroatoms. The number of phenols is 1. The molecule has 5 rings (SSSR count). The standard InChI is InChI=1S/C22H10O7S/c1-8(23)29-10-3-5-12-14(7-10)20(28)22-16(18(12)26)15-17(25)11-4-2-9(24)6-13(11)19(27)21(15)30-22/h2-7,24H,1H3. The summed E-state index contributed by atoms with van der Waals surface area (Å²) >= 11 is 0.784. The number of rotatable bonds is 1. The zero-order valence-corrected chi connectivity index (χ0v) is 16.1. The molecule has 7 nitrogen and oxygen atoms in total. The van der Waals surface area contributed by atoms with Crippen LogP contribution in [-0.4, -0.2) is 11.1 Å². The number of thiophene rings is 1. The summed E-state index contributed by atoms with van der Waals surface area (Å²) in [5, 5.41) is 9.74. The molecule has 0 aliphatic rings. The monoisotopic (exact) mass is 418 g/mol. The molecule has 0 atom stereocenters. The molecule has 0 unspecified atom stereocenters. The first kappa shape index (κ1) is 18.1. The van der Waals surface area contributed by atoms with Crippen molar-refractivity contribution in [3.05, 3.63) is 77.3 Å². The molecule has 1 N–H and O–H groups in total. The van der Waals surface area contributed by atoms with Gasteiger partial charge in [0, 0.05) is 28.5 Å². The van der Waals surface area contributed by atoms with Gasteiger partial charge in [-0.1, -0.05) is 0 Å². The smallest absolute Gasteiger partial charge is 0.308 e. The van der Waals surface area contributed by atoms with Crippen LogP contribution in [0.4, 0.5) is 0 Å². The summed E-state index contributed by atoms with van der Waals surface area (Å²) in [5.41, 5.74) is -2.14. The largest absolute Gasteiger partial charge is 0.508 e. The second-order valence-corrected chi connectivity index (χ2v) is 7.88. The molecule has 0 aliphatic carbocycles. The van der Waals surface area contributed by atoms with Crippen molar-refractivity contribution >= 4 is 59.0 Å². The van der Waals surface area contributed by atoms with Crippen LogP contribution in [0.1, 0.15) is 6.92 Å². The van der Waals surface area contributed by atoms with E-state index in [0.717, 1.165) is 11.3 Å². The van der Waals surface area contributed by atoms with Gasteiger partial charge in [0.2, 0.25) is 10.9 Å². The normalized spacial score (nSPS) is 11.6. The van der Waals surface area contributed by atoms with Crippen LogP contribution in [0.3, 0.4) is 0 Å². The van der Waals surface area contributed by atoms with E-state index < -0.39 is 27.7 Å². The number of benzene rings is 4. The first-order valence-corrected chi connectivity index (χ1v) is 9.60. The SMILES string of the molecule is CC(=O)Oc1ccc2c(=O)c3c(sc4c(=O)c5cc(O)ccc5c(=O)c43)c(=O)c2c1. The number of phenolic OH excluding ortho intramolecular Hbond substituents is 1. The van der Waals surface area contributed by atoms with Crippen molar-refractivity contribution < 1.29 is 14.6 Å². The quantitative estimate of drug-likeness (QED) is 0.328. The fourth-order valence-corrected chi connectivity index (χ4v) is 4.96. The number of carbonyl (C=O) groups is 1. The zero-order valence-electron chi connectivity index (χ0n) is 15.3. The Morgan fingerprint density at radius 2 is 1.30 bits per heavy atom. The molecule has 1 aromatic heterocycles. The van der Waals surface area contributed by atoms with E-state index in [4.69, 9.17) is 4.74 Å². The van der Waals surface area contributed by atoms with E-state index in [2.05, 4.69) is 0 Å². The van der Waals surface area contributed by atoms with Gasteiger partial charge in [-0.2, -0.15) is 0 Å². The van der Waals surface area contributed by atoms with Crippen molar-refractivity contribution in [3.8, 4) is 11.5 Å². The third kappa shape index (κ3) is 2.34. The predicted molar refractivity (Wildman–Crippen MR) is 115 cm³/mol. The molecule has 0 spiro atoms. The number of hydrogen-bond acceptors (Lipinski definition) is 8. The Bertz CT molecular complexity index is 1790. The maximum Gasteiger partial charge on any atom is 0.308 e. The molecule has 4 aromatic carbocycles. The summed E-state index contributed by atoms with van der Waals surface area (Å²) in [6, 6.07) is 7.86. The minimum Gasteiger partial charge on any atom is -0.508 e. The second-order valence-electron chi connectivity index (χ2n) is 6.86. The zero-order chi connectivity index (χ0) is 21.3. The second kappa shape index (κ2) is 6.04. The van der Waals surface area contributed by atoms with Crippen molar-refractivity contribution in [2.75, 3.05) is 0 Å². The molecule has 0 bridgehead atoms. The Balaban J connectivity index is 2.04. The van der Waals surface area contributed by atoms with E-state index in [1.165, 1.54) is 43.3 Å². The van der Waals surface area contributed by atoms with Gasteiger partial charge < -0.3 is 9.84 Å². The molecule has 0 fully saturated rings. The summed E-state index contributed by atoms with van der Waals surface area (Å²) in [6.45, 7) is 1.21. The van der Waals surface area contributed by atoms with Crippen molar-refractivity contribution in [2.24, 2.45) is 0 Å². The Hall–Kier alpha value is -3.91. The summed E-state index contributed by atoms with van der Waals surface area (Å²) in [4.78, 5) is 63.5. The van der Waals surface area contributed by atoms with E-state index in [1.54, 1.807) is 0 Å². The topological polar surface area (TPSA) is 115 Å². The van der Waals surface area contributed by atoms with Gasteiger partial charge in [0.25, 0.3) is 0 Å². The summed E-state index contributed by atoms with van der Waals surface area (Å²) in [5.74, 6) is -0.631. The molecule has 30 heavy (non-hydrogen) atoms. The van der Waals surface area contributed by atoms with Gasteiger partial charge in [-0.05, 0) is 36.4 Å². The number of aromatic hydroxyl groups is 1. The fourth-order valence-electron chi connectivity index (χ4n) is 3.75. The fraction of sp³-hybridized carbons (Fsp3) is 0.0455. The van der Waals surface area contributed by atoms with Crippen molar-refractivity contribution in [2.45, 2.75) is 6.92 Å². The van der Waals surface area contributed by atoms with Crippen molar-refractivity contribution in [1.82, 2.24) is 0 Å². The predicted octanol–water partition coefficient (Wildman–Crippen LogP) is 2.31. The van der Waals surface area contributed by atoms with E-state index in [9.17, 15) is 29.1 Å². The van der Waals surface area contributed by atoms with Crippen molar-refractivity contribution in [3.63, 3.8) is 0 Å².